The van der Waals surface area contributed by atoms with Crippen molar-refractivity contribution in [2.75, 3.05) is 17.6 Å². The van der Waals surface area contributed by atoms with E-state index < -0.39 is 39.0 Å². The van der Waals surface area contributed by atoms with E-state index in [4.69, 9.17) is 0 Å². The zero-order chi connectivity index (χ0) is 26.1. The highest BCUT2D eigenvalue weighted by Gasteiger charge is 2.51. The van der Waals surface area contributed by atoms with Crippen molar-refractivity contribution in [3.8, 4) is 11.1 Å². The summed E-state index contributed by atoms with van der Waals surface area (Å²) in [4.78, 5) is 32.7. The molecular weight excluding hydrogens is 492 g/mol. The molecular formula is C24H23F2N5O4S. The molecule has 0 saturated heterocycles. The van der Waals surface area contributed by atoms with E-state index in [0.717, 1.165) is 22.7 Å². The fraction of sp³-hybridized carbons (Fsp3) is 0.250. The Kier molecular flexibility index (Phi) is 6.72. The number of anilines is 1. The van der Waals surface area contributed by atoms with Gasteiger partial charge < -0.3 is 10.6 Å². The number of rotatable bonds is 8. The van der Waals surface area contributed by atoms with Crippen LogP contribution in [0.2, 0.25) is 0 Å². The lowest BCUT2D eigenvalue weighted by Crippen LogP contribution is -2.48. The predicted octanol–water partition coefficient (Wildman–Crippen LogP) is 2.40. The molecule has 0 aliphatic heterocycles. The van der Waals surface area contributed by atoms with Gasteiger partial charge in [0.25, 0.3) is 5.91 Å². The number of hydrogen-bond donors (Lipinski definition) is 2. The lowest BCUT2D eigenvalue weighted by molar-refractivity contribution is -0.124. The highest BCUT2D eigenvalue weighted by molar-refractivity contribution is 7.92. The number of nitrogens with zero attached hydrogens (tertiary/aromatic N) is 3. The number of carbonyl (C=O) groups excluding carboxylic acids is 2. The number of para-hydroxylation sites is 1. The average molecular weight is 516 g/mol. The molecule has 4 rings (SSSR count). The van der Waals surface area contributed by atoms with Gasteiger partial charge in [-0.1, -0.05) is 24.3 Å². The maximum Gasteiger partial charge on any atom is 0.255 e. The van der Waals surface area contributed by atoms with Crippen LogP contribution in [0.25, 0.3) is 11.1 Å². The Bertz CT molecular complexity index is 1430. The Morgan fingerprint density at radius 2 is 1.78 bits per heavy atom. The van der Waals surface area contributed by atoms with Crippen LogP contribution in [0.15, 0.2) is 55.1 Å². The van der Waals surface area contributed by atoms with Crippen molar-refractivity contribution in [3.63, 3.8) is 0 Å². The molecule has 188 valence electrons. The summed E-state index contributed by atoms with van der Waals surface area (Å²) >= 11 is 0. The molecule has 2 aromatic carbocycles. The summed E-state index contributed by atoms with van der Waals surface area (Å²) in [5, 5.41) is 5.33. The molecule has 12 heteroatoms. The molecule has 1 fully saturated rings. The Labute approximate surface area is 206 Å². The van der Waals surface area contributed by atoms with Crippen LogP contribution >= 0.6 is 0 Å². The molecule has 1 aromatic heterocycles. The van der Waals surface area contributed by atoms with Crippen LogP contribution in [0.1, 0.15) is 28.8 Å². The topological polar surface area (TPSA) is 121 Å². The maximum atomic E-state index is 14.9. The molecule has 36 heavy (non-hydrogen) atoms. The number of nitrogens with one attached hydrogen (secondary N) is 2. The van der Waals surface area contributed by atoms with Gasteiger partial charge in [-0.15, -0.1) is 0 Å². The summed E-state index contributed by atoms with van der Waals surface area (Å²) in [7, 11) is -2.55. The van der Waals surface area contributed by atoms with Gasteiger partial charge in [0, 0.05) is 37.1 Å². The zero-order valence-electron chi connectivity index (χ0n) is 19.5. The minimum absolute atomic E-state index is 0.143. The summed E-state index contributed by atoms with van der Waals surface area (Å²) in [5.41, 5.74) is -0.423. The number of halogens is 2. The van der Waals surface area contributed by atoms with Gasteiger partial charge in [-0.3, -0.25) is 13.9 Å². The maximum absolute atomic E-state index is 14.9. The highest BCUT2D eigenvalue weighted by Crippen LogP contribution is 2.37. The molecule has 9 nitrogen and oxygen atoms in total. The average Bonchev–Trinajstić information content (AvgIpc) is 3.63. The largest absolute Gasteiger partial charge is 0.350 e. The Morgan fingerprint density at radius 1 is 1.08 bits per heavy atom. The second kappa shape index (κ2) is 9.61. The number of hydrogen-bond acceptors (Lipinski definition) is 6. The quantitative estimate of drug-likeness (QED) is 0.475. The molecule has 3 aromatic rings. The lowest BCUT2D eigenvalue weighted by Gasteiger charge is -2.21. The zero-order valence-corrected chi connectivity index (χ0v) is 20.3. The van der Waals surface area contributed by atoms with Crippen LogP contribution in [-0.2, 0) is 21.4 Å². The fourth-order valence-corrected chi connectivity index (χ4v) is 4.19. The Hall–Kier alpha value is -3.93. The van der Waals surface area contributed by atoms with Crippen LogP contribution in [0, 0.1) is 11.6 Å². The van der Waals surface area contributed by atoms with Gasteiger partial charge in [-0.05, 0) is 30.5 Å². The monoisotopic (exact) mass is 515 g/mol. The van der Waals surface area contributed by atoms with Crippen LogP contribution in [0.5, 0.6) is 0 Å². The van der Waals surface area contributed by atoms with Gasteiger partial charge in [0.15, 0.2) is 0 Å². The van der Waals surface area contributed by atoms with E-state index in [1.54, 1.807) is 0 Å². The third-order valence-electron chi connectivity index (χ3n) is 5.96. The first-order valence-electron chi connectivity index (χ1n) is 10.9. The van der Waals surface area contributed by atoms with E-state index in [-0.39, 0.29) is 34.5 Å². The van der Waals surface area contributed by atoms with Crippen molar-refractivity contribution < 1.29 is 26.8 Å². The minimum atomic E-state index is -3.76. The molecule has 2 amide bonds. The molecule has 0 atom stereocenters. The summed E-state index contributed by atoms with van der Waals surface area (Å²) in [6.45, 7) is -0.143. The van der Waals surface area contributed by atoms with Crippen molar-refractivity contribution in [3.05, 3.63) is 77.9 Å². The van der Waals surface area contributed by atoms with Crippen molar-refractivity contribution in [1.82, 2.24) is 20.6 Å². The van der Waals surface area contributed by atoms with Gasteiger partial charge in [-0.2, -0.15) is 0 Å². The summed E-state index contributed by atoms with van der Waals surface area (Å²) in [5.74, 6) is -2.36. The van der Waals surface area contributed by atoms with E-state index in [2.05, 4.69) is 20.6 Å². The van der Waals surface area contributed by atoms with Crippen LogP contribution in [0.3, 0.4) is 0 Å². The van der Waals surface area contributed by atoms with E-state index in [0.29, 0.717) is 12.8 Å². The minimum Gasteiger partial charge on any atom is -0.350 e. The molecule has 0 radical (unpaired) electrons. The van der Waals surface area contributed by atoms with E-state index in [9.17, 15) is 26.8 Å². The van der Waals surface area contributed by atoms with Crippen molar-refractivity contribution in [2.45, 2.75) is 24.9 Å². The van der Waals surface area contributed by atoms with E-state index in [1.807, 2.05) is 0 Å². The van der Waals surface area contributed by atoms with Crippen molar-refractivity contribution in [1.29, 1.82) is 0 Å². The normalized spacial score (nSPS) is 14.1. The number of sulfonamides is 1. The number of amides is 2. The van der Waals surface area contributed by atoms with Gasteiger partial charge in [0.2, 0.25) is 15.9 Å². The first kappa shape index (κ1) is 25.2. The summed E-state index contributed by atoms with van der Waals surface area (Å²) in [6.07, 6.45) is 5.79. The predicted molar refractivity (Wildman–Crippen MR) is 128 cm³/mol. The van der Waals surface area contributed by atoms with Gasteiger partial charge in [-0.25, -0.2) is 27.2 Å². The summed E-state index contributed by atoms with van der Waals surface area (Å²) < 4.78 is 54.2. The first-order valence-corrected chi connectivity index (χ1v) is 12.7. The van der Waals surface area contributed by atoms with Gasteiger partial charge in [0.1, 0.15) is 23.5 Å². The molecule has 0 bridgehead atoms. The standard InChI is InChI=1S/C24H23F2N5O4S/c1-31(36(2,34)35)21-18(4-3-5-19(21)25)15-6-7-16(20(26)10-15)13-29-23(33)24(8-9-24)30-22(32)17-11-27-14-28-12-17/h3-7,10-12,14H,8-9,13H2,1-2H3,(H,29,33)(H,30,32). The highest BCUT2D eigenvalue weighted by atomic mass is 32.2. The smallest absolute Gasteiger partial charge is 0.255 e. The molecule has 1 saturated carbocycles. The Morgan fingerprint density at radius 3 is 2.39 bits per heavy atom. The van der Waals surface area contributed by atoms with E-state index in [1.165, 1.54) is 50.0 Å². The number of benzene rings is 2. The molecule has 0 unspecified atom stereocenters. The third-order valence-corrected chi connectivity index (χ3v) is 7.14. The SMILES string of the molecule is CN(c1c(F)cccc1-c1ccc(CNC(=O)C2(NC(=O)c3cncnc3)CC2)c(F)c1)S(C)(=O)=O. The second-order valence-corrected chi connectivity index (χ2v) is 10.5. The molecule has 1 heterocycles. The fourth-order valence-electron chi connectivity index (χ4n) is 3.68. The Balaban J connectivity index is 1.48. The second-order valence-electron chi connectivity index (χ2n) is 8.52. The van der Waals surface area contributed by atoms with Crippen LogP contribution < -0.4 is 14.9 Å². The lowest BCUT2D eigenvalue weighted by atomic mass is 10.0. The van der Waals surface area contributed by atoms with Crippen molar-refractivity contribution >= 4 is 27.5 Å². The number of carbonyl (C=O) groups is 2. The van der Waals surface area contributed by atoms with Crippen LogP contribution in [-0.4, -0.2) is 49.0 Å². The molecule has 1 aliphatic rings. The third kappa shape index (κ3) is 5.18. The van der Waals surface area contributed by atoms with Gasteiger partial charge >= 0.3 is 0 Å². The van der Waals surface area contributed by atoms with Crippen LogP contribution in [0.4, 0.5) is 14.5 Å². The van der Waals surface area contributed by atoms with E-state index >= 15 is 0 Å². The van der Waals surface area contributed by atoms with Gasteiger partial charge in [0.05, 0.1) is 17.5 Å². The molecule has 1 aliphatic carbocycles. The van der Waals surface area contributed by atoms with Crippen molar-refractivity contribution in [2.24, 2.45) is 0 Å². The first-order chi connectivity index (χ1) is 17.0. The summed E-state index contributed by atoms with van der Waals surface area (Å²) in [6, 6.07) is 8.12. The molecule has 2 N–H and O–H groups in total. The molecule has 0 spiro atoms. The number of aromatic nitrogens is 2.